The average Bonchev–Trinajstić information content (AvgIpc) is 1.84. The van der Waals surface area contributed by atoms with Crippen LogP contribution >= 0.6 is 11.6 Å². The average molecular weight is 239 g/mol. The van der Waals surface area contributed by atoms with E-state index in [1.54, 1.807) is 0 Å². The van der Waals surface area contributed by atoms with E-state index in [-0.39, 0.29) is 36.9 Å². The van der Waals surface area contributed by atoms with Crippen LogP contribution in [0.25, 0.3) is 0 Å². The first-order valence-electron chi connectivity index (χ1n) is 2.90. The third-order valence-electron chi connectivity index (χ3n) is 0.114. The van der Waals surface area contributed by atoms with E-state index in [4.69, 9.17) is 36.5 Å². The van der Waals surface area contributed by atoms with Crippen LogP contribution in [0.3, 0.4) is 0 Å². The number of hydrogen-bond acceptors (Lipinski definition) is 3. The summed E-state index contributed by atoms with van der Waals surface area (Å²) >= 11 is 4.74. The smallest absolute Gasteiger partial charge is 1.00 e. The van der Waals surface area contributed by atoms with Gasteiger partial charge in [-0.05, 0) is 0 Å². The van der Waals surface area contributed by atoms with E-state index in [9.17, 15) is 4.79 Å². The fraction of sp³-hybridized carbons (Fsp3) is 0.500. The summed E-state index contributed by atoms with van der Waals surface area (Å²) in [5, 5.41) is 22.4. The van der Waals surface area contributed by atoms with Gasteiger partial charge < -0.3 is 16.7 Å². The van der Waals surface area contributed by atoms with Crippen LogP contribution in [0.15, 0.2) is 0 Å². The Balaban J connectivity index is -0.0000000315. The summed E-state index contributed by atoms with van der Waals surface area (Å²) < 4.78 is 0. The first-order chi connectivity index (χ1) is 5.73. The van der Waals surface area contributed by atoms with Crippen molar-refractivity contribution in [1.82, 2.24) is 0 Å². The van der Waals surface area contributed by atoms with Gasteiger partial charge >= 0.3 is 35.5 Å². The SMILES string of the molecule is CC(=O)O.CC(=O)O.O=C(O)CCl.[H-].[Na+]. The summed E-state index contributed by atoms with van der Waals surface area (Å²) in [7, 11) is 0. The van der Waals surface area contributed by atoms with Gasteiger partial charge in [-0.3, -0.25) is 14.4 Å². The monoisotopic (exact) mass is 238 g/mol. The van der Waals surface area contributed by atoms with E-state index >= 15 is 0 Å². The standard InChI is InChI=1S/C2H3ClO2.2C2H4O2.Na.H/c3-1-2(4)5;2*1-2(3)4;;/h1H2,(H,4,5);2*1H3,(H,3,4);;/q;;;+1;-1. The number of halogens is 1. The van der Waals surface area contributed by atoms with Crippen molar-refractivity contribution in [3.8, 4) is 0 Å². The van der Waals surface area contributed by atoms with Gasteiger partial charge in [0.1, 0.15) is 5.88 Å². The molecular formula is C6H12ClNaO6. The van der Waals surface area contributed by atoms with Crippen LogP contribution in [-0.2, 0) is 14.4 Å². The zero-order valence-electron chi connectivity index (χ0n) is 9.15. The Labute approximate surface area is 110 Å². The summed E-state index contributed by atoms with van der Waals surface area (Å²) in [5.74, 6) is -2.95. The van der Waals surface area contributed by atoms with Crippen LogP contribution in [0.4, 0.5) is 0 Å². The minimum Gasteiger partial charge on any atom is -1.00 e. The van der Waals surface area contributed by atoms with E-state index < -0.39 is 17.9 Å². The molecule has 0 heterocycles. The number of carboxylic acids is 3. The molecule has 0 amide bonds. The van der Waals surface area contributed by atoms with Crippen molar-refractivity contribution in [3.05, 3.63) is 0 Å². The fourth-order valence-corrected chi connectivity index (χ4v) is 0. The molecule has 0 unspecified atom stereocenters. The largest absolute Gasteiger partial charge is 1.00 e. The Morgan fingerprint density at radius 2 is 1.14 bits per heavy atom. The molecule has 6 nitrogen and oxygen atoms in total. The number of rotatable bonds is 1. The Morgan fingerprint density at radius 3 is 1.14 bits per heavy atom. The zero-order valence-corrected chi connectivity index (χ0v) is 10.9. The van der Waals surface area contributed by atoms with Gasteiger partial charge in [0.15, 0.2) is 0 Å². The number of carbonyl (C=O) groups is 3. The predicted octanol–water partition coefficient (Wildman–Crippen LogP) is -2.39. The van der Waals surface area contributed by atoms with Gasteiger partial charge in [0.2, 0.25) is 0 Å². The van der Waals surface area contributed by atoms with Crippen molar-refractivity contribution < 1.29 is 60.7 Å². The van der Waals surface area contributed by atoms with Crippen LogP contribution in [0.5, 0.6) is 0 Å². The van der Waals surface area contributed by atoms with Crippen molar-refractivity contribution in [2.75, 3.05) is 5.88 Å². The summed E-state index contributed by atoms with van der Waals surface area (Å²) in [6.07, 6.45) is 0. The number of aliphatic carboxylic acids is 3. The van der Waals surface area contributed by atoms with Crippen molar-refractivity contribution in [1.29, 1.82) is 0 Å². The molecular weight excluding hydrogens is 227 g/mol. The molecule has 14 heavy (non-hydrogen) atoms. The third kappa shape index (κ3) is 464. The normalized spacial score (nSPS) is 6.21. The maximum atomic E-state index is 9.24. The quantitative estimate of drug-likeness (QED) is 0.347. The predicted molar refractivity (Wildman–Crippen MR) is 46.1 cm³/mol. The molecule has 0 aliphatic heterocycles. The van der Waals surface area contributed by atoms with Crippen LogP contribution in [-0.4, -0.2) is 39.1 Å². The van der Waals surface area contributed by atoms with Crippen molar-refractivity contribution in [2.24, 2.45) is 0 Å². The molecule has 0 aliphatic rings. The molecule has 0 aromatic heterocycles. The molecule has 0 bridgehead atoms. The first-order valence-corrected chi connectivity index (χ1v) is 3.44. The van der Waals surface area contributed by atoms with Crippen LogP contribution in [0, 0.1) is 0 Å². The second-order valence-corrected chi connectivity index (χ2v) is 1.83. The molecule has 0 saturated carbocycles. The molecule has 0 rings (SSSR count). The van der Waals surface area contributed by atoms with Gasteiger partial charge in [-0.2, -0.15) is 0 Å². The van der Waals surface area contributed by atoms with Gasteiger partial charge in [0, 0.05) is 13.8 Å². The molecule has 8 heteroatoms. The molecule has 0 fully saturated rings. The molecule has 3 N–H and O–H groups in total. The molecule has 0 aromatic rings. The Morgan fingerprint density at radius 1 is 1.07 bits per heavy atom. The van der Waals surface area contributed by atoms with E-state index in [0.717, 1.165) is 13.8 Å². The minimum absolute atomic E-state index is 0. The van der Waals surface area contributed by atoms with Crippen molar-refractivity contribution in [3.63, 3.8) is 0 Å². The van der Waals surface area contributed by atoms with Gasteiger partial charge in [0.25, 0.3) is 11.9 Å². The Bertz CT molecular complexity index is 157. The Hall–Kier alpha value is -0.300. The van der Waals surface area contributed by atoms with Gasteiger partial charge in [0.05, 0.1) is 0 Å². The summed E-state index contributed by atoms with van der Waals surface area (Å²) in [5.41, 5.74) is 0. The Kier molecular flexibility index (Phi) is 31.0. The van der Waals surface area contributed by atoms with Crippen molar-refractivity contribution >= 4 is 29.5 Å². The molecule has 0 aliphatic carbocycles. The number of carboxylic acid groups (broad SMARTS) is 3. The second-order valence-electron chi connectivity index (χ2n) is 1.57. The molecule has 0 spiro atoms. The topological polar surface area (TPSA) is 112 Å². The molecule has 80 valence electrons. The second kappa shape index (κ2) is 18.5. The van der Waals surface area contributed by atoms with Crippen LogP contribution in [0.2, 0.25) is 0 Å². The molecule has 0 saturated heterocycles. The maximum Gasteiger partial charge on any atom is 1.00 e. The maximum absolute atomic E-state index is 9.24. The van der Waals surface area contributed by atoms with E-state index in [0.29, 0.717) is 0 Å². The summed E-state index contributed by atoms with van der Waals surface area (Å²) in [6, 6.07) is 0. The van der Waals surface area contributed by atoms with Crippen LogP contribution in [0.1, 0.15) is 15.3 Å². The number of hydrogen-bond donors (Lipinski definition) is 3. The minimum atomic E-state index is -0.980. The van der Waals surface area contributed by atoms with Gasteiger partial charge in [-0.25, -0.2) is 0 Å². The zero-order chi connectivity index (χ0) is 11.4. The summed E-state index contributed by atoms with van der Waals surface area (Å²) in [4.78, 5) is 27.2. The van der Waals surface area contributed by atoms with Gasteiger partial charge in [-0.1, -0.05) is 0 Å². The van der Waals surface area contributed by atoms with E-state index in [2.05, 4.69) is 0 Å². The van der Waals surface area contributed by atoms with Gasteiger partial charge in [-0.15, -0.1) is 11.6 Å². The molecule has 0 radical (unpaired) electrons. The van der Waals surface area contributed by atoms with Crippen molar-refractivity contribution in [2.45, 2.75) is 13.8 Å². The fourth-order valence-electron chi connectivity index (χ4n) is 0. The summed E-state index contributed by atoms with van der Waals surface area (Å²) in [6.45, 7) is 2.17. The molecule has 0 atom stereocenters. The first kappa shape index (κ1) is 23.5. The van der Waals surface area contributed by atoms with Crippen LogP contribution < -0.4 is 29.6 Å². The van der Waals surface area contributed by atoms with E-state index in [1.165, 1.54) is 0 Å². The number of alkyl halides is 1. The molecule has 0 aromatic carbocycles. The van der Waals surface area contributed by atoms with E-state index in [1.807, 2.05) is 0 Å². The third-order valence-corrected chi connectivity index (χ3v) is 0.343.